The van der Waals surface area contributed by atoms with Crippen molar-refractivity contribution in [1.29, 1.82) is 0 Å². The first-order valence-electron chi connectivity index (χ1n) is 6.96. The quantitative estimate of drug-likeness (QED) is 0.852. The third-order valence-electron chi connectivity index (χ3n) is 3.78. The first-order chi connectivity index (χ1) is 9.82. The van der Waals surface area contributed by atoms with Crippen molar-refractivity contribution in [3.05, 3.63) is 18.0 Å². The molecule has 0 bridgehead atoms. The molecule has 0 aromatic carbocycles. The first kappa shape index (κ1) is 15.8. The number of carbonyl (C=O) groups excluding carboxylic acids is 1. The molecule has 21 heavy (non-hydrogen) atoms. The summed E-state index contributed by atoms with van der Waals surface area (Å²) in [6.45, 7) is 7.36. The van der Waals surface area contributed by atoms with Gasteiger partial charge in [-0.2, -0.15) is 18.3 Å². The second-order valence-electron chi connectivity index (χ2n) is 5.11. The van der Waals surface area contributed by atoms with Crippen molar-refractivity contribution in [3.8, 4) is 0 Å². The molecule has 0 aliphatic carbocycles. The minimum Gasteiger partial charge on any atom is -0.338 e. The molecule has 1 fully saturated rings. The van der Waals surface area contributed by atoms with Crippen molar-refractivity contribution in [2.75, 3.05) is 32.7 Å². The molecule has 1 saturated heterocycles. The van der Waals surface area contributed by atoms with E-state index in [9.17, 15) is 18.0 Å². The molecule has 1 amide bonds. The van der Waals surface area contributed by atoms with Crippen molar-refractivity contribution in [2.45, 2.75) is 26.1 Å². The van der Waals surface area contributed by atoms with E-state index < -0.39 is 17.9 Å². The number of hydrogen-bond donors (Lipinski definition) is 0. The lowest BCUT2D eigenvalue weighted by Gasteiger charge is -2.35. The van der Waals surface area contributed by atoms with Crippen molar-refractivity contribution in [1.82, 2.24) is 19.6 Å². The van der Waals surface area contributed by atoms with E-state index in [0.29, 0.717) is 13.1 Å². The van der Waals surface area contributed by atoms with Gasteiger partial charge >= 0.3 is 6.18 Å². The second kappa shape index (κ2) is 6.05. The predicted molar refractivity (Wildman–Crippen MR) is 70.6 cm³/mol. The van der Waals surface area contributed by atoms with E-state index in [1.807, 2.05) is 0 Å². The van der Waals surface area contributed by atoms with Crippen LogP contribution in [-0.4, -0.2) is 58.2 Å². The van der Waals surface area contributed by atoms with Crippen LogP contribution < -0.4 is 0 Å². The van der Waals surface area contributed by atoms with Crippen LogP contribution in [0.3, 0.4) is 0 Å². The molecule has 1 atom stereocenters. The van der Waals surface area contributed by atoms with Gasteiger partial charge in [0, 0.05) is 32.4 Å². The average molecular weight is 304 g/mol. The Morgan fingerprint density at radius 2 is 1.95 bits per heavy atom. The molecular formula is C13H19F3N4O. The van der Waals surface area contributed by atoms with Crippen LogP contribution in [-0.2, 0) is 11.0 Å². The van der Waals surface area contributed by atoms with Crippen LogP contribution in [0.25, 0.3) is 0 Å². The smallest absolute Gasteiger partial charge is 0.338 e. The van der Waals surface area contributed by atoms with Gasteiger partial charge in [-0.3, -0.25) is 9.48 Å². The summed E-state index contributed by atoms with van der Waals surface area (Å²) in [6, 6.07) is 0.160. The fraction of sp³-hybridized carbons (Fsp3) is 0.692. The Kier molecular flexibility index (Phi) is 4.55. The molecular weight excluding hydrogens is 285 g/mol. The minimum atomic E-state index is -4.49. The predicted octanol–water partition coefficient (Wildman–Crippen LogP) is 1.63. The number of alkyl halides is 3. The fourth-order valence-electron chi connectivity index (χ4n) is 2.37. The zero-order valence-corrected chi connectivity index (χ0v) is 12.1. The Bertz CT molecular complexity index is 492. The molecule has 1 aliphatic rings. The van der Waals surface area contributed by atoms with E-state index in [2.05, 4.69) is 16.9 Å². The van der Waals surface area contributed by atoms with Gasteiger partial charge < -0.3 is 9.80 Å². The van der Waals surface area contributed by atoms with E-state index in [4.69, 9.17) is 0 Å². The second-order valence-corrected chi connectivity index (χ2v) is 5.11. The summed E-state index contributed by atoms with van der Waals surface area (Å²) in [5.41, 5.74) is -0.974. The van der Waals surface area contributed by atoms with E-state index in [-0.39, 0.29) is 5.91 Å². The number of rotatable bonds is 3. The molecule has 118 valence electrons. The number of hydrogen-bond acceptors (Lipinski definition) is 3. The highest BCUT2D eigenvalue weighted by molar-refractivity contribution is 5.80. The van der Waals surface area contributed by atoms with Crippen LogP contribution in [0.1, 0.15) is 25.6 Å². The van der Waals surface area contributed by atoms with Crippen molar-refractivity contribution >= 4 is 5.91 Å². The standard InChI is InChI=1S/C13H19F3N4O/c1-3-18-6-8-19(9-7-18)12(21)10(2)20-5-4-11(17-20)13(14,15)16/h4-5,10H,3,6-9H2,1-2H3/t10-/m0/s1. The maximum atomic E-state index is 12.5. The van der Waals surface area contributed by atoms with Crippen molar-refractivity contribution in [2.24, 2.45) is 0 Å². The Morgan fingerprint density at radius 1 is 1.33 bits per heavy atom. The van der Waals surface area contributed by atoms with Gasteiger partial charge in [0.25, 0.3) is 0 Å². The largest absolute Gasteiger partial charge is 0.435 e. The maximum Gasteiger partial charge on any atom is 0.435 e. The van der Waals surface area contributed by atoms with Gasteiger partial charge in [0.15, 0.2) is 5.69 Å². The topological polar surface area (TPSA) is 41.4 Å². The van der Waals surface area contributed by atoms with Crippen molar-refractivity contribution in [3.63, 3.8) is 0 Å². The summed E-state index contributed by atoms with van der Waals surface area (Å²) >= 11 is 0. The van der Waals surface area contributed by atoms with E-state index in [0.717, 1.165) is 30.4 Å². The zero-order chi connectivity index (χ0) is 15.6. The van der Waals surface area contributed by atoms with Crippen LogP contribution >= 0.6 is 0 Å². The van der Waals surface area contributed by atoms with Gasteiger partial charge in [-0.1, -0.05) is 6.92 Å². The number of amides is 1. The van der Waals surface area contributed by atoms with Gasteiger partial charge in [0.05, 0.1) is 0 Å². The van der Waals surface area contributed by atoms with Crippen molar-refractivity contribution < 1.29 is 18.0 Å². The summed E-state index contributed by atoms with van der Waals surface area (Å²) in [4.78, 5) is 16.2. The molecule has 0 unspecified atom stereocenters. The Balaban J connectivity index is 2.01. The molecule has 5 nitrogen and oxygen atoms in total. The molecule has 0 saturated carbocycles. The molecule has 1 aromatic heterocycles. The lowest BCUT2D eigenvalue weighted by molar-refractivity contribution is -0.143. The van der Waals surface area contributed by atoms with Crippen LogP contribution in [0.2, 0.25) is 0 Å². The highest BCUT2D eigenvalue weighted by Crippen LogP contribution is 2.28. The van der Waals surface area contributed by atoms with Gasteiger partial charge in [-0.05, 0) is 19.5 Å². The van der Waals surface area contributed by atoms with Gasteiger partial charge in [0.1, 0.15) is 6.04 Å². The van der Waals surface area contributed by atoms with Crippen LogP contribution in [0, 0.1) is 0 Å². The lowest BCUT2D eigenvalue weighted by Crippen LogP contribution is -2.50. The highest BCUT2D eigenvalue weighted by atomic mass is 19.4. The van der Waals surface area contributed by atoms with Gasteiger partial charge in [-0.15, -0.1) is 0 Å². The van der Waals surface area contributed by atoms with E-state index in [1.54, 1.807) is 11.8 Å². The molecule has 1 aliphatic heterocycles. The Labute approximate surface area is 121 Å². The minimum absolute atomic E-state index is 0.192. The summed E-state index contributed by atoms with van der Waals surface area (Å²) in [5.74, 6) is -0.192. The van der Waals surface area contributed by atoms with Gasteiger partial charge in [0.2, 0.25) is 5.91 Å². The Hall–Kier alpha value is -1.57. The van der Waals surface area contributed by atoms with Crippen LogP contribution in [0.5, 0.6) is 0 Å². The van der Waals surface area contributed by atoms with Crippen LogP contribution in [0.4, 0.5) is 13.2 Å². The molecule has 1 aromatic rings. The molecule has 0 radical (unpaired) electrons. The average Bonchev–Trinajstić information content (AvgIpc) is 2.95. The highest BCUT2D eigenvalue weighted by Gasteiger charge is 2.35. The monoisotopic (exact) mass is 304 g/mol. The summed E-state index contributed by atoms with van der Waals surface area (Å²) in [7, 11) is 0. The normalized spacial score (nSPS) is 18.8. The van der Waals surface area contributed by atoms with E-state index >= 15 is 0 Å². The van der Waals surface area contributed by atoms with E-state index in [1.165, 1.54) is 6.20 Å². The Morgan fingerprint density at radius 3 is 2.43 bits per heavy atom. The number of nitrogens with zero attached hydrogens (tertiary/aromatic N) is 4. The zero-order valence-electron chi connectivity index (χ0n) is 12.1. The third kappa shape index (κ3) is 3.55. The summed E-state index contributed by atoms with van der Waals surface area (Å²) < 4.78 is 38.7. The molecule has 2 rings (SSSR count). The number of halogens is 3. The number of likely N-dealkylation sites (N-methyl/N-ethyl adjacent to an activating group) is 1. The maximum absolute atomic E-state index is 12.5. The summed E-state index contributed by atoms with van der Waals surface area (Å²) in [5, 5.41) is 3.46. The molecule has 0 spiro atoms. The first-order valence-corrected chi connectivity index (χ1v) is 6.96. The number of aromatic nitrogens is 2. The third-order valence-corrected chi connectivity index (χ3v) is 3.78. The molecule has 8 heteroatoms. The fourth-order valence-corrected chi connectivity index (χ4v) is 2.37. The number of piperazine rings is 1. The van der Waals surface area contributed by atoms with Gasteiger partial charge in [-0.25, -0.2) is 0 Å². The molecule has 0 N–H and O–H groups in total. The SMILES string of the molecule is CCN1CCN(C(=O)[C@H](C)n2ccc(C(F)(F)F)n2)CC1. The lowest BCUT2D eigenvalue weighted by atomic mass is 10.2. The molecule has 2 heterocycles. The van der Waals surface area contributed by atoms with Crippen LogP contribution in [0.15, 0.2) is 12.3 Å². The summed E-state index contributed by atoms with van der Waals surface area (Å²) in [6.07, 6.45) is -3.28. The number of carbonyl (C=O) groups is 1.